The van der Waals surface area contributed by atoms with Crippen molar-refractivity contribution in [1.82, 2.24) is 0 Å². The number of aliphatic hydroxyl groups is 1. The Morgan fingerprint density at radius 2 is 1.71 bits per heavy atom. The normalized spacial score (nSPS) is 10.3. The zero-order valence-electron chi connectivity index (χ0n) is 3.77. The molecule has 4 heteroatoms. The molecule has 0 aliphatic rings. The van der Waals surface area contributed by atoms with E-state index in [0.29, 0.717) is 11.2 Å². The van der Waals surface area contributed by atoms with E-state index < -0.39 is 7.92 Å². The van der Waals surface area contributed by atoms with Crippen molar-refractivity contribution in [3.05, 3.63) is 0 Å². The molecule has 0 bridgehead atoms. The third-order valence-electron chi connectivity index (χ3n) is 0.538. The Hall–Kier alpha value is 0.970. The quantitative estimate of drug-likeness (QED) is 0.494. The number of rotatable bonds is 3. The number of alkyl halides is 2. The first-order valence-corrected chi connectivity index (χ1v) is 4.77. The van der Waals surface area contributed by atoms with Gasteiger partial charge in [0.25, 0.3) is 0 Å². The Balaban J connectivity index is 2.99. The highest BCUT2D eigenvalue weighted by Gasteiger charge is 1.99. The van der Waals surface area contributed by atoms with Gasteiger partial charge in [-0.25, -0.2) is 0 Å². The van der Waals surface area contributed by atoms with Gasteiger partial charge in [-0.3, -0.25) is 0 Å². The van der Waals surface area contributed by atoms with E-state index in [1.807, 2.05) is 0 Å². The summed E-state index contributed by atoms with van der Waals surface area (Å²) in [7, 11) is -0.468. The molecule has 0 aromatic heterocycles. The van der Waals surface area contributed by atoms with Crippen LogP contribution >= 0.6 is 31.1 Å². The van der Waals surface area contributed by atoms with E-state index in [0.717, 1.165) is 0 Å². The lowest BCUT2D eigenvalue weighted by atomic mass is 11.7. The Labute approximate surface area is 54.4 Å². The fourth-order valence-corrected chi connectivity index (χ4v) is 1.54. The molecule has 0 spiro atoms. The van der Waals surface area contributed by atoms with E-state index in [1.54, 1.807) is 0 Å². The minimum Gasteiger partial charge on any atom is -0.392 e. The minimum absolute atomic E-state index is 0.155. The van der Waals surface area contributed by atoms with E-state index in [2.05, 4.69) is 0 Å². The second-order valence-corrected chi connectivity index (χ2v) is 4.59. The summed E-state index contributed by atoms with van der Waals surface area (Å²) in [6.45, 7) is 0. The van der Waals surface area contributed by atoms with Gasteiger partial charge in [0.15, 0.2) is 0 Å². The molecule has 0 aliphatic carbocycles. The molecule has 0 heterocycles. The highest BCUT2D eigenvalue weighted by atomic mass is 35.5. The second-order valence-electron chi connectivity index (χ2n) is 1.05. The standard InChI is InChI=1S/C3H7Cl2OP/c4-1-7(2-5)3-6/h6H,1-3H2. The Morgan fingerprint density at radius 3 is 1.71 bits per heavy atom. The van der Waals surface area contributed by atoms with Crippen LogP contribution in [0.4, 0.5) is 0 Å². The van der Waals surface area contributed by atoms with Crippen LogP contribution < -0.4 is 0 Å². The van der Waals surface area contributed by atoms with Crippen LogP contribution in [-0.2, 0) is 0 Å². The smallest absolute Gasteiger partial charge is 0.0647 e. The highest BCUT2D eigenvalue weighted by molar-refractivity contribution is 7.60. The molecule has 0 aromatic carbocycles. The first-order valence-electron chi connectivity index (χ1n) is 1.80. The number of aliphatic hydroxyl groups excluding tert-OH is 1. The first kappa shape index (κ1) is 7.97. The average Bonchev–Trinajstić information content (AvgIpc) is 1.72. The second kappa shape index (κ2) is 5.11. The lowest BCUT2D eigenvalue weighted by Crippen LogP contribution is -1.82. The molecule has 0 aromatic rings. The molecule has 44 valence electrons. The average molecular weight is 161 g/mol. The SMILES string of the molecule is OCP(CCl)CCl. The van der Waals surface area contributed by atoms with Gasteiger partial charge in [-0.15, -0.1) is 23.2 Å². The summed E-state index contributed by atoms with van der Waals surface area (Å²) in [6, 6.07) is 0. The topological polar surface area (TPSA) is 20.2 Å². The lowest BCUT2D eigenvalue weighted by molar-refractivity contribution is 0.370. The summed E-state index contributed by atoms with van der Waals surface area (Å²) in [4.78, 5) is 0. The minimum atomic E-state index is -0.468. The van der Waals surface area contributed by atoms with Crippen molar-refractivity contribution in [3.63, 3.8) is 0 Å². The summed E-state index contributed by atoms with van der Waals surface area (Å²) in [6.07, 6.45) is 0.155. The zero-order chi connectivity index (χ0) is 5.70. The van der Waals surface area contributed by atoms with Crippen LogP contribution in [0, 0.1) is 0 Å². The fourth-order valence-electron chi connectivity index (χ4n) is 0.108. The van der Waals surface area contributed by atoms with Gasteiger partial charge < -0.3 is 5.11 Å². The number of hydrogen-bond acceptors (Lipinski definition) is 1. The molecular formula is C3H7Cl2OP. The van der Waals surface area contributed by atoms with Gasteiger partial charge in [-0.2, -0.15) is 0 Å². The molecule has 0 aliphatic heterocycles. The van der Waals surface area contributed by atoms with Gasteiger partial charge in [0.05, 0.1) is 6.35 Å². The lowest BCUT2D eigenvalue weighted by Gasteiger charge is -2.02. The van der Waals surface area contributed by atoms with E-state index >= 15 is 0 Å². The number of hydrogen-bond donors (Lipinski definition) is 1. The molecule has 0 unspecified atom stereocenters. The first-order chi connectivity index (χ1) is 3.35. The van der Waals surface area contributed by atoms with Crippen LogP contribution in [0.2, 0.25) is 0 Å². The summed E-state index contributed by atoms with van der Waals surface area (Å²) in [5.41, 5.74) is 1.02. The van der Waals surface area contributed by atoms with Gasteiger partial charge in [0.1, 0.15) is 0 Å². The van der Waals surface area contributed by atoms with Crippen molar-refractivity contribution in [1.29, 1.82) is 0 Å². The summed E-state index contributed by atoms with van der Waals surface area (Å²) < 4.78 is 0. The monoisotopic (exact) mass is 160 g/mol. The Kier molecular flexibility index (Phi) is 5.82. The highest BCUT2D eigenvalue weighted by Crippen LogP contribution is 2.35. The summed E-state index contributed by atoms with van der Waals surface area (Å²) in [5.74, 6) is 0. The van der Waals surface area contributed by atoms with Crippen LogP contribution in [0.5, 0.6) is 0 Å². The maximum Gasteiger partial charge on any atom is 0.0647 e. The van der Waals surface area contributed by atoms with Crippen LogP contribution in [-0.4, -0.2) is 22.7 Å². The summed E-state index contributed by atoms with van der Waals surface area (Å²) in [5, 5.41) is 8.39. The van der Waals surface area contributed by atoms with Crippen molar-refractivity contribution >= 4 is 31.1 Å². The predicted molar refractivity (Wildman–Crippen MR) is 35.4 cm³/mol. The van der Waals surface area contributed by atoms with Crippen LogP contribution in [0.3, 0.4) is 0 Å². The summed E-state index contributed by atoms with van der Waals surface area (Å²) >= 11 is 10.7. The maximum atomic E-state index is 8.39. The molecule has 7 heavy (non-hydrogen) atoms. The van der Waals surface area contributed by atoms with Gasteiger partial charge in [-0.1, -0.05) is 0 Å². The van der Waals surface area contributed by atoms with Gasteiger partial charge >= 0.3 is 0 Å². The van der Waals surface area contributed by atoms with Gasteiger partial charge in [-0.05, 0) is 7.92 Å². The number of halogens is 2. The third kappa shape index (κ3) is 3.54. The van der Waals surface area contributed by atoms with Crippen molar-refractivity contribution in [3.8, 4) is 0 Å². The predicted octanol–water partition coefficient (Wildman–Crippen LogP) is 1.81. The Morgan fingerprint density at radius 1 is 1.29 bits per heavy atom. The molecule has 0 atom stereocenters. The van der Waals surface area contributed by atoms with Crippen molar-refractivity contribution < 1.29 is 5.11 Å². The van der Waals surface area contributed by atoms with Crippen molar-refractivity contribution in [2.75, 3.05) is 17.6 Å². The molecular weight excluding hydrogens is 154 g/mol. The van der Waals surface area contributed by atoms with E-state index in [9.17, 15) is 0 Å². The van der Waals surface area contributed by atoms with Gasteiger partial charge in [0, 0.05) is 11.2 Å². The third-order valence-corrected chi connectivity index (χ3v) is 3.64. The van der Waals surface area contributed by atoms with E-state index in [4.69, 9.17) is 28.3 Å². The zero-order valence-corrected chi connectivity index (χ0v) is 6.18. The molecule has 0 fully saturated rings. The van der Waals surface area contributed by atoms with Crippen LogP contribution in [0.25, 0.3) is 0 Å². The molecule has 0 radical (unpaired) electrons. The fraction of sp³-hybridized carbons (Fsp3) is 1.00. The molecule has 1 nitrogen and oxygen atoms in total. The maximum absolute atomic E-state index is 8.39. The van der Waals surface area contributed by atoms with Crippen molar-refractivity contribution in [2.45, 2.75) is 0 Å². The molecule has 0 saturated heterocycles. The van der Waals surface area contributed by atoms with Gasteiger partial charge in [0.2, 0.25) is 0 Å². The molecule has 1 N–H and O–H groups in total. The molecule has 0 rings (SSSR count). The van der Waals surface area contributed by atoms with Crippen LogP contribution in [0.1, 0.15) is 0 Å². The molecule has 0 amide bonds. The van der Waals surface area contributed by atoms with E-state index in [-0.39, 0.29) is 6.35 Å². The molecule has 0 saturated carbocycles. The van der Waals surface area contributed by atoms with Crippen molar-refractivity contribution in [2.24, 2.45) is 0 Å². The Bertz CT molecular complexity index is 34.4. The largest absolute Gasteiger partial charge is 0.392 e. The van der Waals surface area contributed by atoms with Crippen LogP contribution in [0.15, 0.2) is 0 Å². The van der Waals surface area contributed by atoms with E-state index in [1.165, 1.54) is 0 Å².